The van der Waals surface area contributed by atoms with E-state index in [0.717, 1.165) is 12.8 Å². The first-order chi connectivity index (χ1) is 8.26. The minimum Gasteiger partial charge on any atom is -0.0999 e. The minimum atomic E-state index is 1.14. The van der Waals surface area contributed by atoms with Gasteiger partial charge in [-0.2, -0.15) is 0 Å². The van der Waals surface area contributed by atoms with E-state index < -0.39 is 0 Å². The molecule has 1 rings (SSSR count). The van der Waals surface area contributed by atoms with Gasteiger partial charge in [0.05, 0.1) is 0 Å². The number of unbranched alkanes of at least 4 members (excludes halogenated alkanes) is 2. The van der Waals surface area contributed by atoms with Gasteiger partial charge in [-0.15, -0.1) is 0 Å². The Hall–Kier alpha value is -1.04. The van der Waals surface area contributed by atoms with Crippen LogP contribution in [0.1, 0.15) is 57.1 Å². The van der Waals surface area contributed by atoms with Gasteiger partial charge in [0.25, 0.3) is 0 Å². The first kappa shape index (κ1) is 14.0. The summed E-state index contributed by atoms with van der Waals surface area (Å²) in [6, 6.07) is 9.01. The zero-order valence-electron chi connectivity index (χ0n) is 11.5. The van der Waals surface area contributed by atoms with Crippen molar-refractivity contribution in [2.45, 2.75) is 58.8 Å². The van der Waals surface area contributed by atoms with Crippen LogP contribution in [0.3, 0.4) is 0 Å². The van der Waals surface area contributed by atoms with Gasteiger partial charge in [-0.05, 0) is 49.7 Å². The van der Waals surface area contributed by atoms with Gasteiger partial charge in [0.2, 0.25) is 0 Å². The molecule has 1 aromatic rings. The first-order valence-electron chi connectivity index (χ1n) is 7.00. The number of hydrogen-bond donors (Lipinski definition) is 0. The highest BCUT2D eigenvalue weighted by atomic mass is 14.0. The molecule has 0 nitrogen and oxygen atoms in total. The molecule has 0 aliphatic heterocycles. The molecule has 0 aromatic heterocycles. The van der Waals surface area contributed by atoms with E-state index >= 15 is 0 Å². The average Bonchev–Trinajstić information content (AvgIpc) is 2.38. The highest BCUT2D eigenvalue weighted by molar-refractivity contribution is 5.23. The van der Waals surface area contributed by atoms with E-state index in [1.165, 1.54) is 48.8 Å². The summed E-state index contributed by atoms with van der Waals surface area (Å²) in [4.78, 5) is 0. The first-order valence-corrected chi connectivity index (χ1v) is 7.00. The number of hydrogen-bond acceptors (Lipinski definition) is 0. The maximum atomic E-state index is 4.05. The third-order valence-corrected chi connectivity index (χ3v) is 3.40. The van der Waals surface area contributed by atoms with Crippen molar-refractivity contribution in [3.8, 4) is 0 Å². The molecule has 0 aliphatic rings. The van der Waals surface area contributed by atoms with Gasteiger partial charge in [-0.3, -0.25) is 0 Å². The fourth-order valence-electron chi connectivity index (χ4n) is 2.06. The number of benzene rings is 1. The van der Waals surface area contributed by atoms with E-state index in [0.29, 0.717) is 0 Å². The summed E-state index contributed by atoms with van der Waals surface area (Å²) in [5.74, 6) is 0. The van der Waals surface area contributed by atoms with Crippen LogP contribution in [-0.4, -0.2) is 0 Å². The Morgan fingerprint density at radius 1 is 1.06 bits per heavy atom. The van der Waals surface area contributed by atoms with E-state index in [1.54, 1.807) is 0 Å². The van der Waals surface area contributed by atoms with Crippen molar-refractivity contribution < 1.29 is 0 Å². The molecule has 0 heterocycles. The van der Waals surface area contributed by atoms with Gasteiger partial charge in [0.1, 0.15) is 0 Å². The maximum Gasteiger partial charge on any atom is -0.0279 e. The molecular weight excluding hydrogens is 204 g/mol. The second-order valence-corrected chi connectivity index (χ2v) is 4.84. The summed E-state index contributed by atoms with van der Waals surface area (Å²) >= 11 is 0. The zero-order chi connectivity index (χ0) is 12.5. The van der Waals surface area contributed by atoms with Crippen LogP contribution in [0.25, 0.3) is 0 Å². The number of allylic oxidation sites excluding steroid dienone is 1. The van der Waals surface area contributed by atoms with Crippen molar-refractivity contribution >= 4 is 0 Å². The van der Waals surface area contributed by atoms with Gasteiger partial charge in [-0.25, -0.2) is 0 Å². The number of aryl methyl sites for hydroxylation is 2. The van der Waals surface area contributed by atoms with Crippen LogP contribution >= 0.6 is 0 Å². The largest absolute Gasteiger partial charge is 0.0999 e. The van der Waals surface area contributed by atoms with E-state index in [2.05, 4.69) is 44.7 Å². The highest BCUT2D eigenvalue weighted by Gasteiger charge is 1.96. The summed E-state index contributed by atoms with van der Waals surface area (Å²) in [6.07, 6.45) is 8.67. The summed E-state index contributed by atoms with van der Waals surface area (Å²) in [7, 11) is 0. The van der Waals surface area contributed by atoms with Crippen LogP contribution < -0.4 is 0 Å². The molecule has 17 heavy (non-hydrogen) atoms. The second kappa shape index (κ2) is 8.11. The second-order valence-electron chi connectivity index (χ2n) is 4.84. The monoisotopic (exact) mass is 230 g/mol. The lowest BCUT2D eigenvalue weighted by Crippen LogP contribution is -1.89. The molecule has 94 valence electrons. The predicted molar refractivity (Wildman–Crippen MR) is 77.4 cm³/mol. The van der Waals surface area contributed by atoms with E-state index in [-0.39, 0.29) is 0 Å². The van der Waals surface area contributed by atoms with Gasteiger partial charge in [0, 0.05) is 0 Å². The smallest absolute Gasteiger partial charge is 0.0279 e. The lowest BCUT2D eigenvalue weighted by molar-refractivity contribution is 0.669. The van der Waals surface area contributed by atoms with Crippen molar-refractivity contribution in [1.82, 2.24) is 0 Å². The topological polar surface area (TPSA) is 0 Å². The molecule has 1 aromatic carbocycles. The Bertz CT molecular complexity index is 336. The predicted octanol–water partition coefficient (Wildman–Crippen LogP) is 5.32. The van der Waals surface area contributed by atoms with Gasteiger partial charge >= 0.3 is 0 Å². The van der Waals surface area contributed by atoms with Crippen molar-refractivity contribution in [2.24, 2.45) is 0 Å². The van der Waals surface area contributed by atoms with Crippen molar-refractivity contribution in [1.29, 1.82) is 0 Å². The van der Waals surface area contributed by atoms with E-state index in [4.69, 9.17) is 0 Å². The molecule has 0 N–H and O–H groups in total. The standard InChI is InChI=1S/C17H26/c1-4-15(3)10-7-6-8-11-17-13-9-12-16(5-2)14-17/h9,12-14H,3-8,10-11H2,1-2H3. The lowest BCUT2D eigenvalue weighted by Gasteiger charge is -2.05. The van der Waals surface area contributed by atoms with Crippen LogP contribution in [-0.2, 0) is 12.8 Å². The van der Waals surface area contributed by atoms with Crippen LogP contribution in [0, 0.1) is 0 Å². The molecule has 0 heteroatoms. The normalized spacial score (nSPS) is 10.5. The molecule has 0 unspecified atom stereocenters. The lowest BCUT2D eigenvalue weighted by atomic mass is 10.0. The fourth-order valence-corrected chi connectivity index (χ4v) is 2.06. The summed E-state index contributed by atoms with van der Waals surface area (Å²) < 4.78 is 0. The molecule has 0 spiro atoms. The van der Waals surface area contributed by atoms with Crippen LogP contribution in [0.4, 0.5) is 0 Å². The summed E-state index contributed by atoms with van der Waals surface area (Å²) in [5, 5.41) is 0. The average molecular weight is 230 g/mol. The van der Waals surface area contributed by atoms with Gasteiger partial charge in [-0.1, -0.05) is 56.7 Å². The Kier molecular flexibility index (Phi) is 6.69. The van der Waals surface area contributed by atoms with Gasteiger partial charge < -0.3 is 0 Å². The fraction of sp³-hybridized carbons (Fsp3) is 0.529. The summed E-state index contributed by atoms with van der Waals surface area (Å²) in [6.45, 7) is 8.46. The van der Waals surface area contributed by atoms with Crippen molar-refractivity contribution in [3.63, 3.8) is 0 Å². The molecule has 0 bridgehead atoms. The Morgan fingerprint density at radius 3 is 2.53 bits per heavy atom. The highest BCUT2D eigenvalue weighted by Crippen LogP contribution is 2.13. The van der Waals surface area contributed by atoms with Crippen LogP contribution in [0.5, 0.6) is 0 Å². The molecule has 0 saturated heterocycles. The Labute approximate surface area is 107 Å². The number of rotatable bonds is 8. The summed E-state index contributed by atoms with van der Waals surface area (Å²) in [5.41, 5.74) is 4.36. The molecule has 0 atom stereocenters. The third-order valence-electron chi connectivity index (χ3n) is 3.40. The van der Waals surface area contributed by atoms with Crippen molar-refractivity contribution in [2.75, 3.05) is 0 Å². The van der Waals surface area contributed by atoms with Crippen molar-refractivity contribution in [3.05, 3.63) is 47.5 Å². The van der Waals surface area contributed by atoms with Gasteiger partial charge in [0.15, 0.2) is 0 Å². The van der Waals surface area contributed by atoms with E-state index in [9.17, 15) is 0 Å². The molecule has 0 fully saturated rings. The molecular formula is C17H26. The van der Waals surface area contributed by atoms with Crippen LogP contribution in [0.2, 0.25) is 0 Å². The maximum absolute atomic E-state index is 4.05. The SMILES string of the molecule is C=C(CC)CCCCCc1cccc(CC)c1. The zero-order valence-corrected chi connectivity index (χ0v) is 11.5. The van der Waals surface area contributed by atoms with E-state index in [1.807, 2.05) is 0 Å². The van der Waals surface area contributed by atoms with Crippen LogP contribution in [0.15, 0.2) is 36.4 Å². The Balaban J connectivity index is 2.19. The third kappa shape index (κ3) is 5.72. The minimum absolute atomic E-state index is 1.14. The Morgan fingerprint density at radius 2 is 1.82 bits per heavy atom. The molecule has 0 amide bonds. The quantitative estimate of drug-likeness (QED) is 0.419. The molecule has 0 radical (unpaired) electrons. The molecule has 0 saturated carbocycles. The molecule has 0 aliphatic carbocycles.